The van der Waals surface area contributed by atoms with Gasteiger partial charge < -0.3 is 9.57 Å². The van der Waals surface area contributed by atoms with E-state index in [9.17, 15) is 4.79 Å². The molecule has 0 unspecified atom stereocenters. The molecular formula is C16H16Br4N4O4. The lowest BCUT2D eigenvalue weighted by Crippen LogP contribution is -2.19. The van der Waals surface area contributed by atoms with Gasteiger partial charge >= 0.3 is 0 Å². The van der Waals surface area contributed by atoms with Crippen molar-refractivity contribution in [2.24, 2.45) is 5.16 Å². The largest absolute Gasteiger partial charge is 0.470 e. The number of amides is 1. The van der Waals surface area contributed by atoms with Crippen LogP contribution in [0.5, 0.6) is 0 Å². The van der Waals surface area contributed by atoms with E-state index in [1.807, 2.05) is 18.2 Å². The zero-order valence-corrected chi connectivity index (χ0v) is 20.7. The molecule has 8 nitrogen and oxygen atoms in total. The predicted molar refractivity (Wildman–Crippen MR) is 119 cm³/mol. The molecule has 28 heavy (non-hydrogen) atoms. The second kappa shape index (κ2) is 14.9. The second-order valence-corrected chi connectivity index (χ2v) is 7.80. The highest BCUT2D eigenvalue weighted by Crippen LogP contribution is 2.09. The average Bonchev–Trinajstić information content (AvgIpc) is 2.74. The molecule has 0 fully saturated rings. The van der Waals surface area contributed by atoms with Gasteiger partial charge in [-0.25, -0.2) is 15.4 Å². The first-order chi connectivity index (χ1) is 13.5. The summed E-state index contributed by atoms with van der Waals surface area (Å²) in [5.74, 6) is -0.182. The van der Waals surface area contributed by atoms with Crippen LogP contribution in [-0.2, 0) is 9.57 Å². The number of rotatable bonds is 3. The molecule has 0 saturated carbocycles. The Morgan fingerprint density at radius 1 is 1.04 bits per heavy atom. The minimum Gasteiger partial charge on any atom is -0.470 e. The van der Waals surface area contributed by atoms with Crippen LogP contribution < -0.4 is 5.48 Å². The molecule has 2 aromatic rings. The van der Waals surface area contributed by atoms with Gasteiger partial charge in [-0.1, -0.05) is 44.0 Å². The van der Waals surface area contributed by atoms with Crippen molar-refractivity contribution in [2.45, 2.75) is 0 Å². The normalized spacial score (nSPS) is 12.0. The van der Waals surface area contributed by atoms with Crippen LogP contribution in [0.15, 0.2) is 50.8 Å². The number of nitrogens with zero attached hydrogens (tertiary/aromatic N) is 3. The summed E-state index contributed by atoms with van der Waals surface area (Å²) >= 11 is 12.8. The van der Waals surface area contributed by atoms with Crippen LogP contribution >= 0.6 is 63.7 Å². The summed E-state index contributed by atoms with van der Waals surface area (Å²) < 4.78 is 6.57. The van der Waals surface area contributed by atoms with Crippen LogP contribution in [0.25, 0.3) is 0 Å². The Morgan fingerprint density at radius 3 is 2.18 bits per heavy atom. The summed E-state index contributed by atoms with van der Waals surface area (Å²) in [6.07, 6.45) is 0. The van der Waals surface area contributed by atoms with Gasteiger partial charge in [-0.3, -0.25) is 10.0 Å². The van der Waals surface area contributed by atoms with Crippen molar-refractivity contribution in [3.63, 3.8) is 0 Å². The first-order valence-electron chi connectivity index (χ1n) is 7.66. The Balaban J connectivity index is 0.000000239. The van der Waals surface area contributed by atoms with E-state index in [4.69, 9.17) is 14.8 Å². The molecule has 152 valence electrons. The standard InChI is InChI=1S/C8H7BrN2O2.C6H5BrN2O2.C2H4Br2/c9-7-3-1-2-6(10-7)8-11-13-5-4-12-8;7-5-3-1-2-4(8-5)6(10)9-11;3-1-2-4/h1-3H,4-5H2;1-3,11H,(H,9,10);1-2H2. The van der Waals surface area contributed by atoms with Crippen LogP contribution in [0.2, 0.25) is 0 Å². The summed E-state index contributed by atoms with van der Waals surface area (Å²) in [6.45, 7) is 1.02. The minimum atomic E-state index is -0.619. The van der Waals surface area contributed by atoms with Gasteiger partial charge in [0.05, 0.1) is 0 Å². The monoisotopic (exact) mass is 644 g/mol. The number of ether oxygens (including phenoxy) is 1. The third-order valence-corrected chi connectivity index (χ3v) is 5.36. The number of aromatic nitrogens is 2. The van der Waals surface area contributed by atoms with Crippen molar-refractivity contribution >= 4 is 75.5 Å². The number of hydrogen-bond acceptors (Lipinski definition) is 7. The van der Waals surface area contributed by atoms with Gasteiger partial charge in [-0.15, -0.1) is 0 Å². The van der Waals surface area contributed by atoms with E-state index >= 15 is 0 Å². The maximum atomic E-state index is 10.7. The summed E-state index contributed by atoms with van der Waals surface area (Å²) in [7, 11) is 0. The lowest BCUT2D eigenvalue weighted by atomic mass is 10.3. The van der Waals surface area contributed by atoms with Crippen LogP contribution in [0.1, 0.15) is 16.2 Å². The number of hydrogen-bond donors (Lipinski definition) is 2. The number of halogens is 4. The molecule has 3 heterocycles. The first kappa shape index (κ1) is 25.0. The molecule has 0 aromatic carbocycles. The molecule has 3 rings (SSSR count). The Hall–Kier alpha value is -1.08. The van der Waals surface area contributed by atoms with Gasteiger partial charge in [0.1, 0.15) is 27.2 Å². The number of alkyl halides is 2. The number of pyridine rings is 2. The van der Waals surface area contributed by atoms with E-state index < -0.39 is 5.91 Å². The SMILES string of the molecule is BrCCBr.Brc1cccc(C2=NOCCO2)n1.O=C(NO)c1cccc(Br)n1. The average molecular weight is 648 g/mol. The summed E-state index contributed by atoms with van der Waals surface area (Å²) in [4.78, 5) is 23.6. The van der Waals surface area contributed by atoms with Gasteiger partial charge in [0, 0.05) is 10.7 Å². The Morgan fingerprint density at radius 2 is 1.68 bits per heavy atom. The lowest BCUT2D eigenvalue weighted by Gasteiger charge is -2.12. The van der Waals surface area contributed by atoms with E-state index in [-0.39, 0.29) is 5.69 Å². The second-order valence-electron chi connectivity index (χ2n) is 4.59. The molecule has 0 spiro atoms. The predicted octanol–water partition coefficient (Wildman–Crippen LogP) is 4.29. The molecule has 2 N–H and O–H groups in total. The van der Waals surface area contributed by atoms with Gasteiger partial charge in [-0.05, 0) is 61.3 Å². The van der Waals surface area contributed by atoms with E-state index in [0.717, 1.165) is 15.3 Å². The summed E-state index contributed by atoms with van der Waals surface area (Å²) in [5, 5.41) is 14.1. The van der Waals surface area contributed by atoms with Crippen molar-refractivity contribution in [2.75, 3.05) is 23.9 Å². The van der Waals surface area contributed by atoms with Crippen molar-refractivity contribution in [3.8, 4) is 0 Å². The van der Waals surface area contributed by atoms with Crippen LogP contribution in [0.3, 0.4) is 0 Å². The Kier molecular flexibility index (Phi) is 13.2. The molecule has 0 bridgehead atoms. The maximum absolute atomic E-state index is 10.7. The van der Waals surface area contributed by atoms with Crippen LogP contribution in [0.4, 0.5) is 0 Å². The van der Waals surface area contributed by atoms with E-state index in [2.05, 4.69) is 78.8 Å². The molecule has 0 radical (unpaired) electrons. The van der Waals surface area contributed by atoms with Crippen LogP contribution in [-0.4, -0.2) is 50.9 Å². The number of carbonyl (C=O) groups excluding carboxylic acids is 1. The smallest absolute Gasteiger partial charge is 0.293 e. The first-order valence-corrected chi connectivity index (χ1v) is 11.5. The topological polar surface area (TPSA) is 106 Å². The van der Waals surface area contributed by atoms with Gasteiger partial charge in [0.25, 0.3) is 11.8 Å². The van der Waals surface area contributed by atoms with Crippen molar-refractivity contribution < 1.29 is 19.6 Å². The maximum Gasteiger partial charge on any atom is 0.293 e. The summed E-state index contributed by atoms with van der Waals surface area (Å²) in [5.41, 5.74) is 2.33. The minimum absolute atomic E-state index is 0.168. The molecule has 0 aliphatic carbocycles. The zero-order chi connectivity index (χ0) is 20.8. The third-order valence-electron chi connectivity index (χ3n) is 2.62. The fourth-order valence-electron chi connectivity index (χ4n) is 1.55. The van der Waals surface area contributed by atoms with Gasteiger partial charge in [-0.2, -0.15) is 0 Å². The Labute approximate surface area is 195 Å². The molecule has 1 aliphatic heterocycles. The van der Waals surface area contributed by atoms with E-state index in [1.54, 1.807) is 12.1 Å². The number of carbonyl (C=O) groups is 1. The van der Waals surface area contributed by atoms with Crippen molar-refractivity contribution in [3.05, 3.63) is 57.0 Å². The Bertz CT molecular complexity index is 778. The molecule has 2 aromatic heterocycles. The number of nitrogens with one attached hydrogen (secondary N) is 1. The lowest BCUT2D eigenvalue weighted by molar-refractivity contribution is 0.0652. The summed E-state index contributed by atoms with van der Waals surface area (Å²) in [6, 6.07) is 10.4. The van der Waals surface area contributed by atoms with E-state index in [0.29, 0.717) is 29.4 Å². The highest BCUT2D eigenvalue weighted by Gasteiger charge is 2.11. The molecule has 0 saturated heterocycles. The highest BCUT2D eigenvalue weighted by molar-refractivity contribution is 9.12. The molecule has 0 atom stereocenters. The van der Waals surface area contributed by atoms with Gasteiger partial charge in [0.15, 0.2) is 6.61 Å². The fraction of sp³-hybridized carbons (Fsp3) is 0.250. The molecule has 1 amide bonds. The zero-order valence-electron chi connectivity index (χ0n) is 14.3. The van der Waals surface area contributed by atoms with Crippen molar-refractivity contribution in [1.29, 1.82) is 0 Å². The quantitative estimate of drug-likeness (QED) is 0.223. The molecule has 1 aliphatic rings. The fourth-order valence-corrected chi connectivity index (χ4v) is 2.23. The molecular weight excluding hydrogens is 632 g/mol. The number of hydroxylamine groups is 1. The third kappa shape index (κ3) is 9.92. The highest BCUT2D eigenvalue weighted by atomic mass is 79.9. The molecule has 12 heteroatoms. The van der Waals surface area contributed by atoms with Crippen LogP contribution in [0, 0.1) is 0 Å². The van der Waals surface area contributed by atoms with Gasteiger partial charge in [0.2, 0.25) is 0 Å². The van der Waals surface area contributed by atoms with Crippen molar-refractivity contribution in [1.82, 2.24) is 15.4 Å². The number of oxime groups is 1. The van der Waals surface area contributed by atoms with E-state index in [1.165, 1.54) is 11.5 Å².